The van der Waals surface area contributed by atoms with Crippen molar-refractivity contribution in [2.24, 2.45) is 5.92 Å². The van der Waals surface area contributed by atoms with Gasteiger partial charge in [0.05, 0.1) is 0 Å². The highest BCUT2D eigenvalue weighted by Crippen LogP contribution is 2.44. The predicted octanol–water partition coefficient (Wildman–Crippen LogP) is 4.60. The highest BCUT2D eigenvalue weighted by Gasteiger charge is 2.44. The van der Waals surface area contributed by atoms with E-state index in [2.05, 4.69) is 34.9 Å². The van der Waals surface area contributed by atoms with Crippen molar-refractivity contribution in [1.82, 2.24) is 10.6 Å². The molecular formula is C28H32N2O5. The second kappa shape index (κ2) is 9.72. The summed E-state index contributed by atoms with van der Waals surface area (Å²) in [5, 5.41) is 15.4. The Morgan fingerprint density at radius 2 is 1.54 bits per heavy atom. The van der Waals surface area contributed by atoms with Crippen LogP contribution in [0.3, 0.4) is 0 Å². The lowest BCUT2D eigenvalue weighted by atomic mass is 9.84. The van der Waals surface area contributed by atoms with E-state index in [1.165, 1.54) is 11.1 Å². The number of fused-ring (bicyclic) bond motifs is 3. The van der Waals surface area contributed by atoms with Gasteiger partial charge in [-0.05, 0) is 54.4 Å². The number of hydrogen-bond donors (Lipinski definition) is 3. The molecule has 0 aromatic heterocycles. The number of carbonyl (C=O) groups is 3. The van der Waals surface area contributed by atoms with E-state index in [4.69, 9.17) is 4.74 Å². The van der Waals surface area contributed by atoms with Crippen LogP contribution in [0.1, 0.15) is 68.4 Å². The zero-order valence-corrected chi connectivity index (χ0v) is 19.8. The molecule has 0 unspecified atom stereocenters. The van der Waals surface area contributed by atoms with E-state index >= 15 is 0 Å². The number of benzene rings is 2. The maximum atomic E-state index is 12.9. The minimum Gasteiger partial charge on any atom is -0.480 e. The van der Waals surface area contributed by atoms with E-state index in [0.717, 1.165) is 36.8 Å². The van der Waals surface area contributed by atoms with Crippen molar-refractivity contribution >= 4 is 18.0 Å². The van der Waals surface area contributed by atoms with Gasteiger partial charge in [-0.15, -0.1) is 0 Å². The molecule has 2 amide bonds. The number of hydrogen-bond acceptors (Lipinski definition) is 4. The molecule has 2 saturated carbocycles. The highest BCUT2D eigenvalue weighted by molar-refractivity contribution is 5.88. The molecule has 0 saturated heterocycles. The summed E-state index contributed by atoms with van der Waals surface area (Å²) in [5.41, 5.74) is 3.55. The normalized spacial score (nSPS) is 22.6. The lowest BCUT2D eigenvalue weighted by Gasteiger charge is -2.32. The highest BCUT2D eigenvalue weighted by atomic mass is 16.5. The van der Waals surface area contributed by atoms with Crippen molar-refractivity contribution in [3.8, 4) is 11.1 Å². The molecule has 0 bridgehead atoms. The molecule has 5 rings (SSSR count). The SMILES string of the molecule is O=C(N[C@@H]1CCC[C@@H](C(=O)NC2(C(=O)O)CCCC2)C1)OCC1c2ccccc2-c2ccccc21. The lowest BCUT2D eigenvalue weighted by Crippen LogP contribution is -2.55. The smallest absolute Gasteiger partial charge is 0.407 e. The van der Waals surface area contributed by atoms with E-state index in [0.29, 0.717) is 25.7 Å². The van der Waals surface area contributed by atoms with Crippen molar-refractivity contribution in [1.29, 1.82) is 0 Å². The van der Waals surface area contributed by atoms with E-state index in [1.807, 2.05) is 24.3 Å². The molecule has 3 aliphatic rings. The maximum Gasteiger partial charge on any atom is 0.407 e. The molecular weight excluding hydrogens is 444 g/mol. The summed E-state index contributed by atoms with van der Waals surface area (Å²) >= 11 is 0. The number of amides is 2. The van der Waals surface area contributed by atoms with Gasteiger partial charge in [-0.2, -0.15) is 0 Å². The van der Waals surface area contributed by atoms with Crippen molar-refractivity contribution < 1.29 is 24.2 Å². The first-order valence-electron chi connectivity index (χ1n) is 12.6. The van der Waals surface area contributed by atoms with Crippen LogP contribution in [0.5, 0.6) is 0 Å². The first-order chi connectivity index (χ1) is 17.0. The van der Waals surface area contributed by atoms with Crippen LogP contribution in [0.4, 0.5) is 4.79 Å². The van der Waals surface area contributed by atoms with Crippen molar-refractivity contribution in [3.63, 3.8) is 0 Å². The zero-order valence-electron chi connectivity index (χ0n) is 19.8. The molecule has 2 aromatic carbocycles. The number of carboxylic acid groups (broad SMARTS) is 1. The Hall–Kier alpha value is -3.35. The Labute approximate surface area is 205 Å². The molecule has 0 heterocycles. The number of nitrogens with one attached hydrogen (secondary N) is 2. The summed E-state index contributed by atoms with van der Waals surface area (Å²) in [7, 11) is 0. The summed E-state index contributed by atoms with van der Waals surface area (Å²) in [5.74, 6) is -1.48. The molecule has 2 aromatic rings. The Balaban J connectivity index is 1.17. The van der Waals surface area contributed by atoms with Gasteiger partial charge >= 0.3 is 12.1 Å². The van der Waals surface area contributed by atoms with E-state index < -0.39 is 17.6 Å². The van der Waals surface area contributed by atoms with Crippen molar-refractivity contribution in [2.45, 2.75) is 68.9 Å². The second-order valence-electron chi connectivity index (χ2n) is 10.1. The Morgan fingerprint density at radius 3 is 2.17 bits per heavy atom. The Morgan fingerprint density at radius 1 is 0.914 bits per heavy atom. The third-order valence-corrected chi connectivity index (χ3v) is 7.94. The Kier molecular flexibility index (Phi) is 6.50. The van der Waals surface area contributed by atoms with Crippen LogP contribution in [-0.2, 0) is 14.3 Å². The summed E-state index contributed by atoms with van der Waals surface area (Å²) < 4.78 is 5.66. The monoisotopic (exact) mass is 476 g/mol. The largest absolute Gasteiger partial charge is 0.480 e. The molecule has 7 nitrogen and oxygen atoms in total. The fourth-order valence-electron chi connectivity index (χ4n) is 6.07. The van der Waals surface area contributed by atoms with E-state index in [1.54, 1.807) is 0 Å². The zero-order chi connectivity index (χ0) is 24.4. The number of carbonyl (C=O) groups excluding carboxylic acids is 2. The molecule has 3 N–H and O–H groups in total. The molecule has 3 aliphatic carbocycles. The fourth-order valence-corrected chi connectivity index (χ4v) is 6.07. The van der Waals surface area contributed by atoms with Gasteiger partial charge in [-0.25, -0.2) is 9.59 Å². The van der Waals surface area contributed by atoms with Gasteiger partial charge in [0.25, 0.3) is 0 Å². The van der Waals surface area contributed by atoms with Crippen LogP contribution in [0.15, 0.2) is 48.5 Å². The number of alkyl carbamates (subject to hydrolysis) is 1. The summed E-state index contributed by atoms with van der Waals surface area (Å²) in [6.07, 6.45) is 4.85. The molecule has 35 heavy (non-hydrogen) atoms. The van der Waals surface area contributed by atoms with Gasteiger partial charge in [-0.1, -0.05) is 67.8 Å². The lowest BCUT2D eigenvalue weighted by molar-refractivity contribution is -0.148. The molecule has 0 aliphatic heterocycles. The van der Waals surface area contributed by atoms with Gasteiger partial charge in [0.2, 0.25) is 5.91 Å². The van der Waals surface area contributed by atoms with Crippen molar-refractivity contribution in [2.75, 3.05) is 6.61 Å². The Bertz CT molecular complexity index is 1080. The van der Waals surface area contributed by atoms with Gasteiger partial charge in [0.1, 0.15) is 12.1 Å². The van der Waals surface area contributed by atoms with E-state index in [-0.39, 0.29) is 30.4 Å². The first kappa shape index (κ1) is 23.4. The fraction of sp³-hybridized carbons (Fsp3) is 0.464. The summed E-state index contributed by atoms with van der Waals surface area (Å²) in [6.45, 7) is 0.248. The average Bonchev–Trinajstić information content (AvgIpc) is 3.47. The molecule has 2 fully saturated rings. The van der Waals surface area contributed by atoms with Gasteiger partial charge < -0.3 is 20.5 Å². The van der Waals surface area contributed by atoms with Crippen LogP contribution >= 0.6 is 0 Å². The van der Waals surface area contributed by atoms with Gasteiger partial charge in [-0.3, -0.25) is 4.79 Å². The van der Waals surface area contributed by atoms with Crippen LogP contribution in [-0.4, -0.2) is 41.3 Å². The second-order valence-corrected chi connectivity index (χ2v) is 10.1. The predicted molar refractivity (Wildman–Crippen MR) is 131 cm³/mol. The van der Waals surface area contributed by atoms with Crippen LogP contribution in [0, 0.1) is 5.92 Å². The quantitative estimate of drug-likeness (QED) is 0.565. The maximum absolute atomic E-state index is 12.9. The molecule has 0 radical (unpaired) electrons. The number of rotatable bonds is 6. The molecule has 0 spiro atoms. The summed E-state index contributed by atoms with van der Waals surface area (Å²) in [6, 6.07) is 16.2. The third kappa shape index (κ3) is 4.64. The molecule has 184 valence electrons. The number of carboxylic acids is 1. The van der Waals surface area contributed by atoms with Gasteiger partial charge in [0.15, 0.2) is 0 Å². The van der Waals surface area contributed by atoms with Crippen molar-refractivity contribution in [3.05, 3.63) is 59.7 Å². The summed E-state index contributed by atoms with van der Waals surface area (Å²) in [4.78, 5) is 37.4. The minimum absolute atomic E-state index is 0.00310. The van der Waals surface area contributed by atoms with E-state index in [9.17, 15) is 19.5 Å². The van der Waals surface area contributed by atoms with Crippen LogP contribution in [0.25, 0.3) is 11.1 Å². The first-order valence-corrected chi connectivity index (χ1v) is 12.6. The molecule has 7 heteroatoms. The number of ether oxygens (including phenoxy) is 1. The van der Waals surface area contributed by atoms with Crippen LogP contribution in [0.2, 0.25) is 0 Å². The van der Waals surface area contributed by atoms with Gasteiger partial charge in [0, 0.05) is 17.9 Å². The minimum atomic E-state index is -1.13. The third-order valence-electron chi connectivity index (χ3n) is 7.94. The molecule has 2 atom stereocenters. The van der Waals surface area contributed by atoms with Crippen LogP contribution < -0.4 is 10.6 Å². The standard InChI is InChI=1S/C28H32N2O5/c31-25(30-28(26(32)33)14-5-6-15-28)18-8-7-9-19(16-18)29-27(34)35-17-24-22-12-3-1-10-20(22)21-11-2-4-13-23(21)24/h1-4,10-13,18-19,24H,5-9,14-17H2,(H,29,34)(H,30,31)(H,32,33)/t18-,19-/m1/s1. The number of aliphatic carboxylic acids is 1. The topological polar surface area (TPSA) is 105 Å². The average molecular weight is 477 g/mol.